The van der Waals surface area contributed by atoms with Gasteiger partial charge in [0.25, 0.3) is 0 Å². The molecule has 0 aliphatic rings. The third kappa shape index (κ3) is 3.51. The summed E-state index contributed by atoms with van der Waals surface area (Å²) < 4.78 is 7.26. The summed E-state index contributed by atoms with van der Waals surface area (Å²) in [6, 6.07) is 13.4. The average Bonchev–Trinajstić information content (AvgIpc) is 3.19. The van der Waals surface area contributed by atoms with Crippen LogP contribution < -0.4 is 4.74 Å². The van der Waals surface area contributed by atoms with Crippen molar-refractivity contribution in [3.8, 4) is 11.6 Å². The summed E-state index contributed by atoms with van der Waals surface area (Å²) in [6.07, 6.45) is 1.84. The normalized spacial score (nSPS) is 10.7. The Bertz CT molecular complexity index is 789. The minimum atomic E-state index is -0.351. The number of carbonyl (C=O) groups excluding carboxylic acids is 1. The van der Waals surface area contributed by atoms with Gasteiger partial charge in [0.05, 0.1) is 11.4 Å². The molecule has 0 spiro atoms. The third-order valence-electron chi connectivity index (χ3n) is 3.43. The van der Waals surface area contributed by atoms with Crippen molar-refractivity contribution in [2.75, 3.05) is 0 Å². The molecule has 0 fully saturated rings. The van der Waals surface area contributed by atoms with Crippen LogP contribution in [0.4, 0.5) is 0 Å². The summed E-state index contributed by atoms with van der Waals surface area (Å²) in [7, 11) is 0. The predicted octanol–water partition coefficient (Wildman–Crippen LogP) is 4.41. The van der Waals surface area contributed by atoms with E-state index in [1.165, 1.54) is 16.9 Å². The van der Waals surface area contributed by atoms with E-state index >= 15 is 0 Å². The summed E-state index contributed by atoms with van der Waals surface area (Å²) in [5.41, 5.74) is 2.97. The second-order valence-electron chi connectivity index (χ2n) is 5.34. The molecule has 0 atom stereocenters. The van der Waals surface area contributed by atoms with Crippen molar-refractivity contribution in [1.29, 1.82) is 0 Å². The molecule has 2 heterocycles. The number of hydrogen-bond acceptors (Lipinski definition) is 4. The van der Waals surface area contributed by atoms with Crippen LogP contribution in [-0.4, -0.2) is 15.7 Å². The van der Waals surface area contributed by atoms with E-state index < -0.39 is 0 Å². The molecule has 3 aromatic rings. The topological polar surface area (TPSA) is 44.1 Å². The number of ether oxygens (including phenoxy) is 1. The Kier molecular flexibility index (Phi) is 4.57. The van der Waals surface area contributed by atoms with Gasteiger partial charge in [-0.2, -0.15) is 5.10 Å². The van der Waals surface area contributed by atoms with E-state index in [1.54, 1.807) is 10.7 Å². The molecule has 118 valence electrons. The summed E-state index contributed by atoms with van der Waals surface area (Å²) >= 11 is 1.37. The zero-order valence-electron chi connectivity index (χ0n) is 13.2. The number of carbonyl (C=O) groups is 1. The fourth-order valence-electron chi connectivity index (χ4n) is 2.27. The molecule has 23 heavy (non-hydrogen) atoms. The lowest BCUT2D eigenvalue weighted by Gasteiger charge is -2.07. The largest absolute Gasteiger partial charge is 0.403 e. The van der Waals surface area contributed by atoms with Crippen LogP contribution in [0.15, 0.2) is 47.8 Å². The maximum atomic E-state index is 12.2. The highest BCUT2D eigenvalue weighted by Crippen LogP contribution is 2.22. The van der Waals surface area contributed by atoms with Crippen LogP contribution in [0.3, 0.4) is 0 Å². The van der Waals surface area contributed by atoms with Crippen molar-refractivity contribution in [3.63, 3.8) is 0 Å². The van der Waals surface area contributed by atoms with E-state index in [0.29, 0.717) is 10.8 Å². The summed E-state index contributed by atoms with van der Waals surface area (Å²) in [6.45, 7) is 4.13. The highest BCUT2D eigenvalue weighted by molar-refractivity contribution is 7.12. The standard InChI is InChI=1S/C18H18N2O2S/c1-3-5-14-12-17(22-18(21)16-6-4-11-23-16)20(19-14)15-9-7-13(2)8-10-15/h4,6-12H,3,5H2,1-2H3. The molecule has 4 nitrogen and oxygen atoms in total. The molecule has 0 bridgehead atoms. The van der Waals surface area contributed by atoms with E-state index in [9.17, 15) is 4.79 Å². The molecule has 0 aliphatic heterocycles. The molecule has 5 heteroatoms. The number of rotatable bonds is 5. The van der Waals surface area contributed by atoms with Crippen LogP contribution >= 0.6 is 11.3 Å². The molecular formula is C18H18N2O2S. The Morgan fingerprint density at radius 3 is 2.70 bits per heavy atom. The number of benzene rings is 1. The summed E-state index contributed by atoms with van der Waals surface area (Å²) in [5, 5.41) is 6.43. The molecule has 1 aromatic carbocycles. The summed E-state index contributed by atoms with van der Waals surface area (Å²) in [5.74, 6) is 0.104. The molecule has 0 saturated carbocycles. The van der Waals surface area contributed by atoms with Crippen molar-refractivity contribution in [1.82, 2.24) is 9.78 Å². The van der Waals surface area contributed by atoms with Crippen LogP contribution in [0.25, 0.3) is 5.69 Å². The minimum absolute atomic E-state index is 0.351. The van der Waals surface area contributed by atoms with Crippen molar-refractivity contribution in [2.24, 2.45) is 0 Å². The van der Waals surface area contributed by atoms with Gasteiger partial charge >= 0.3 is 5.97 Å². The van der Waals surface area contributed by atoms with Gasteiger partial charge in [-0.3, -0.25) is 0 Å². The lowest BCUT2D eigenvalue weighted by atomic mass is 10.2. The van der Waals surface area contributed by atoms with Crippen molar-refractivity contribution in [2.45, 2.75) is 26.7 Å². The maximum absolute atomic E-state index is 12.2. The lowest BCUT2D eigenvalue weighted by Crippen LogP contribution is -2.10. The van der Waals surface area contributed by atoms with Crippen molar-refractivity contribution in [3.05, 3.63) is 64.0 Å². The second kappa shape index (κ2) is 6.79. The van der Waals surface area contributed by atoms with E-state index in [-0.39, 0.29) is 5.97 Å². The molecule has 2 aromatic heterocycles. The Balaban J connectivity index is 1.94. The van der Waals surface area contributed by atoms with Gasteiger partial charge in [-0.25, -0.2) is 9.48 Å². The highest BCUT2D eigenvalue weighted by Gasteiger charge is 2.16. The van der Waals surface area contributed by atoms with Gasteiger partial charge in [0.1, 0.15) is 4.88 Å². The van der Waals surface area contributed by atoms with Gasteiger partial charge in [-0.1, -0.05) is 37.1 Å². The first kappa shape index (κ1) is 15.5. The van der Waals surface area contributed by atoms with Gasteiger partial charge in [-0.15, -0.1) is 11.3 Å². The van der Waals surface area contributed by atoms with Crippen LogP contribution in [0.2, 0.25) is 0 Å². The highest BCUT2D eigenvalue weighted by atomic mass is 32.1. The first-order chi connectivity index (χ1) is 11.2. The van der Waals surface area contributed by atoms with Crippen molar-refractivity contribution >= 4 is 17.3 Å². The van der Waals surface area contributed by atoms with Crippen LogP contribution in [0.5, 0.6) is 5.88 Å². The molecular weight excluding hydrogens is 308 g/mol. The Labute approximate surface area is 139 Å². The number of esters is 1. The Morgan fingerprint density at radius 1 is 1.26 bits per heavy atom. The Morgan fingerprint density at radius 2 is 2.04 bits per heavy atom. The molecule has 0 N–H and O–H groups in total. The monoisotopic (exact) mass is 326 g/mol. The smallest absolute Gasteiger partial charge is 0.355 e. The van der Waals surface area contributed by atoms with Gasteiger partial charge in [0, 0.05) is 6.07 Å². The molecule has 0 aliphatic carbocycles. The van der Waals surface area contributed by atoms with Crippen LogP contribution in [0.1, 0.15) is 34.3 Å². The van der Waals surface area contributed by atoms with E-state index in [4.69, 9.17) is 4.74 Å². The third-order valence-corrected chi connectivity index (χ3v) is 4.28. The fourth-order valence-corrected chi connectivity index (χ4v) is 2.87. The molecule has 0 radical (unpaired) electrons. The average molecular weight is 326 g/mol. The fraction of sp³-hybridized carbons (Fsp3) is 0.222. The van der Waals surface area contributed by atoms with Crippen LogP contribution in [-0.2, 0) is 6.42 Å². The number of aromatic nitrogens is 2. The van der Waals surface area contributed by atoms with Gasteiger partial charge in [0.2, 0.25) is 5.88 Å². The first-order valence-electron chi connectivity index (χ1n) is 7.59. The Hall–Kier alpha value is -2.40. The lowest BCUT2D eigenvalue weighted by molar-refractivity contribution is 0.0728. The van der Waals surface area contributed by atoms with Gasteiger partial charge in [0.15, 0.2) is 0 Å². The number of hydrogen-bond donors (Lipinski definition) is 0. The SMILES string of the molecule is CCCc1cc(OC(=O)c2cccs2)n(-c2ccc(C)cc2)n1. The predicted molar refractivity (Wildman–Crippen MR) is 91.6 cm³/mol. The zero-order chi connectivity index (χ0) is 16.2. The van der Waals surface area contributed by atoms with Gasteiger partial charge < -0.3 is 4.74 Å². The van der Waals surface area contributed by atoms with Crippen LogP contribution in [0, 0.1) is 6.92 Å². The van der Waals surface area contributed by atoms with E-state index in [0.717, 1.165) is 24.2 Å². The number of thiophene rings is 1. The molecule has 3 rings (SSSR count). The first-order valence-corrected chi connectivity index (χ1v) is 8.47. The number of nitrogens with zero attached hydrogens (tertiary/aromatic N) is 2. The number of aryl methyl sites for hydroxylation is 2. The minimum Gasteiger partial charge on any atom is -0.403 e. The van der Waals surface area contributed by atoms with E-state index in [1.807, 2.05) is 48.7 Å². The quantitative estimate of drug-likeness (QED) is 0.652. The van der Waals surface area contributed by atoms with Crippen molar-refractivity contribution < 1.29 is 9.53 Å². The molecule has 0 unspecified atom stereocenters. The van der Waals surface area contributed by atoms with E-state index in [2.05, 4.69) is 12.0 Å². The maximum Gasteiger partial charge on any atom is 0.355 e. The summed E-state index contributed by atoms with van der Waals surface area (Å²) in [4.78, 5) is 12.8. The molecule has 0 saturated heterocycles. The molecule has 0 amide bonds. The van der Waals surface area contributed by atoms with Gasteiger partial charge in [-0.05, 0) is 36.9 Å². The zero-order valence-corrected chi connectivity index (χ0v) is 14.0. The second-order valence-corrected chi connectivity index (χ2v) is 6.29.